The number of benzene rings is 2. The predicted molar refractivity (Wildman–Crippen MR) is 119 cm³/mol. The van der Waals surface area contributed by atoms with Gasteiger partial charge in [-0.1, -0.05) is 18.2 Å². The first-order chi connectivity index (χ1) is 17.6. The van der Waals surface area contributed by atoms with Crippen molar-refractivity contribution in [1.82, 2.24) is 15.0 Å². The molecule has 37 heavy (non-hydrogen) atoms. The van der Waals surface area contributed by atoms with Gasteiger partial charge in [-0.05, 0) is 35.9 Å². The van der Waals surface area contributed by atoms with Crippen LogP contribution in [0.5, 0.6) is 5.75 Å². The van der Waals surface area contributed by atoms with Crippen molar-refractivity contribution in [2.75, 3.05) is 36.5 Å². The maximum absolute atomic E-state index is 13.2. The molecular weight excluding hydrogens is 508 g/mol. The van der Waals surface area contributed by atoms with E-state index in [1.165, 1.54) is 30.3 Å². The molecule has 0 bridgehead atoms. The number of azo groups is 1. The quantitative estimate of drug-likeness (QED) is 0.313. The van der Waals surface area contributed by atoms with Crippen LogP contribution in [-0.4, -0.2) is 47.6 Å². The third-order valence-electron chi connectivity index (χ3n) is 4.97. The minimum absolute atomic E-state index is 0.00521. The van der Waals surface area contributed by atoms with Gasteiger partial charge in [0, 0.05) is 18.8 Å². The van der Waals surface area contributed by atoms with Crippen LogP contribution in [0.3, 0.4) is 0 Å². The largest absolute Gasteiger partial charge is 0.573 e. The molecule has 1 aliphatic heterocycles. The molecule has 196 valence electrons. The number of hydrogen-bond acceptors (Lipinski definition) is 9. The van der Waals surface area contributed by atoms with E-state index >= 15 is 0 Å². The summed E-state index contributed by atoms with van der Waals surface area (Å²) in [5.74, 6) is -0.343. The van der Waals surface area contributed by atoms with Crippen molar-refractivity contribution in [3.63, 3.8) is 0 Å². The zero-order valence-electron chi connectivity index (χ0n) is 18.9. The molecule has 1 fully saturated rings. The Balaban J connectivity index is 1.56. The summed E-state index contributed by atoms with van der Waals surface area (Å²) in [6, 6.07) is 9.88. The van der Waals surface area contributed by atoms with Gasteiger partial charge in [0.2, 0.25) is 11.9 Å². The third-order valence-corrected chi connectivity index (χ3v) is 4.97. The Morgan fingerprint density at radius 1 is 0.919 bits per heavy atom. The standard InChI is InChI=1S/C22H19F6N7O2/c23-21(24,25)17-4-2-1-3-14(17)13-29-34-19-31-18(32-20(33-19)35-9-11-36-12-10-35)30-15-5-7-16(8-6-15)37-22(26,27)28/h1-8H,9-13H2,(H,30,31,32,33). The molecule has 2 heterocycles. The van der Waals surface area contributed by atoms with E-state index in [1.807, 2.05) is 0 Å². The normalized spacial score (nSPS) is 14.7. The van der Waals surface area contributed by atoms with Gasteiger partial charge in [-0.2, -0.15) is 33.2 Å². The molecule has 0 radical (unpaired) electrons. The van der Waals surface area contributed by atoms with Crippen LogP contribution in [0.15, 0.2) is 58.8 Å². The summed E-state index contributed by atoms with van der Waals surface area (Å²) in [6.07, 6.45) is -9.36. The molecule has 1 saturated heterocycles. The van der Waals surface area contributed by atoms with Crippen LogP contribution in [0, 0.1) is 0 Å². The molecule has 4 rings (SSSR count). The third kappa shape index (κ3) is 7.49. The predicted octanol–water partition coefficient (Wildman–Crippen LogP) is 5.65. The van der Waals surface area contributed by atoms with E-state index in [2.05, 4.69) is 35.2 Å². The van der Waals surface area contributed by atoms with Gasteiger partial charge in [-0.15, -0.1) is 18.3 Å². The Labute approximate surface area is 206 Å². The van der Waals surface area contributed by atoms with E-state index in [0.717, 1.165) is 18.2 Å². The van der Waals surface area contributed by atoms with Gasteiger partial charge in [0.25, 0.3) is 5.95 Å². The number of anilines is 3. The number of hydrogen-bond donors (Lipinski definition) is 1. The van der Waals surface area contributed by atoms with Gasteiger partial charge in [0.1, 0.15) is 5.75 Å². The second-order valence-corrected chi connectivity index (χ2v) is 7.61. The lowest BCUT2D eigenvalue weighted by molar-refractivity contribution is -0.274. The molecule has 0 aliphatic carbocycles. The number of nitrogens with one attached hydrogen (secondary N) is 1. The highest BCUT2D eigenvalue weighted by molar-refractivity contribution is 5.56. The first-order valence-corrected chi connectivity index (χ1v) is 10.8. The molecule has 0 saturated carbocycles. The lowest BCUT2D eigenvalue weighted by Crippen LogP contribution is -2.37. The minimum atomic E-state index is -4.82. The highest BCUT2D eigenvalue weighted by atomic mass is 19.4. The van der Waals surface area contributed by atoms with Crippen molar-refractivity contribution in [3.05, 3.63) is 59.7 Å². The Hall–Kier alpha value is -4.01. The van der Waals surface area contributed by atoms with Gasteiger partial charge >= 0.3 is 12.5 Å². The van der Waals surface area contributed by atoms with Crippen molar-refractivity contribution in [2.24, 2.45) is 10.2 Å². The van der Waals surface area contributed by atoms with Gasteiger partial charge < -0.3 is 19.7 Å². The molecule has 15 heteroatoms. The monoisotopic (exact) mass is 527 g/mol. The number of halogens is 6. The fourth-order valence-corrected chi connectivity index (χ4v) is 3.34. The Kier molecular flexibility index (Phi) is 7.71. The van der Waals surface area contributed by atoms with Crippen molar-refractivity contribution in [2.45, 2.75) is 19.1 Å². The molecule has 3 aromatic rings. The molecular formula is C22H19F6N7O2. The molecule has 1 aromatic heterocycles. The van der Waals surface area contributed by atoms with E-state index in [-0.39, 0.29) is 30.0 Å². The second kappa shape index (κ2) is 10.9. The van der Waals surface area contributed by atoms with Crippen LogP contribution in [0.4, 0.5) is 49.9 Å². The van der Waals surface area contributed by atoms with Crippen molar-refractivity contribution >= 4 is 23.5 Å². The summed E-state index contributed by atoms with van der Waals surface area (Å²) in [5, 5.41) is 10.6. The van der Waals surface area contributed by atoms with Crippen LogP contribution < -0.4 is 15.0 Å². The fraction of sp³-hybridized carbons (Fsp3) is 0.318. The Morgan fingerprint density at radius 2 is 1.62 bits per heavy atom. The first-order valence-electron chi connectivity index (χ1n) is 10.8. The van der Waals surface area contributed by atoms with E-state index in [4.69, 9.17) is 4.74 Å². The zero-order valence-corrected chi connectivity index (χ0v) is 18.9. The Bertz CT molecular complexity index is 1230. The molecule has 0 unspecified atom stereocenters. The lowest BCUT2D eigenvalue weighted by atomic mass is 10.1. The van der Waals surface area contributed by atoms with Crippen LogP contribution >= 0.6 is 0 Å². The number of ether oxygens (including phenoxy) is 2. The van der Waals surface area contributed by atoms with Crippen LogP contribution in [0.1, 0.15) is 11.1 Å². The number of alkyl halides is 6. The van der Waals surface area contributed by atoms with Crippen molar-refractivity contribution < 1.29 is 35.8 Å². The smallest absolute Gasteiger partial charge is 0.406 e. The number of rotatable bonds is 7. The van der Waals surface area contributed by atoms with Gasteiger partial charge in [0.05, 0.1) is 25.3 Å². The van der Waals surface area contributed by atoms with Crippen molar-refractivity contribution in [1.29, 1.82) is 0 Å². The summed E-state index contributed by atoms with van der Waals surface area (Å²) < 4.78 is 86.0. The molecule has 2 aromatic carbocycles. The maximum Gasteiger partial charge on any atom is 0.573 e. The second-order valence-electron chi connectivity index (χ2n) is 7.61. The zero-order chi connectivity index (χ0) is 26.5. The minimum Gasteiger partial charge on any atom is -0.406 e. The SMILES string of the molecule is FC(F)(F)Oc1ccc(Nc2nc(N=NCc3ccccc3C(F)(F)F)nc(N3CCOCC3)n2)cc1. The van der Waals surface area contributed by atoms with E-state index < -0.39 is 23.9 Å². The summed E-state index contributed by atoms with van der Waals surface area (Å²) >= 11 is 0. The number of aromatic nitrogens is 3. The van der Waals surface area contributed by atoms with Crippen molar-refractivity contribution in [3.8, 4) is 5.75 Å². The average Bonchev–Trinajstić information content (AvgIpc) is 2.84. The molecule has 0 atom stereocenters. The van der Waals surface area contributed by atoms with E-state index in [1.54, 1.807) is 4.90 Å². The van der Waals surface area contributed by atoms with E-state index in [0.29, 0.717) is 32.0 Å². The highest BCUT2D eigenvalue weighted by Crippen LogP contribution is 2.32. The molecule has 0 amide bonds. The lowest BCUT2D eigenvalue weighted by Gasteiger charge is -2.26. The summed E-state index contributed by atoms with van der Waals surface area (Å²) in [5.41, 5.74) is -0.546. The van der Waals surface area contributed by atoms with Gasteiger partial charge in [0.15, 0.2) is 0 Å². The topological polar surface area (TPSA) is 97.1 Å². The number of nitrogens with zero attached hydrogens (tertiary/aromatic N) is 6. The molecule has 1 aliphatic rings. The van der Waals surface area contributed by atoms with Crippen LogP contribution in [0.2, 0.25) is 0 Å². The highest BCUT2D eigenvalue weighted by Gasteiger charge is 2.33. The molecule has 9 nitrogen and oxygen atoms in total. The molecule has 1 N–H and O–H groups in total. The Morgan fingerprint density at radius 3 is 2.30 bits per heavy atom. The van der Waals surface area contributed by atoms with E-state index in [9.17, 15) is 26.3 Å². The molecule has 0 spiro atoms. The summed E-state index contributed by atoms with van der Waals surface area (Å²) in [6.45, 7) is 1.45. The van der Waals surface area contributed by atoms with Crippen LogP contribution in [-0.2, 0) is 17.5 Å². The average molecular weight is 527 g/mol. The van der Waals surface area contributed by atoms with Gasteiger partial charge in [-0.25, -0.2) is 0 Å². The van der Waals surface area contributed by atoms with Crippen LogP contribution in [0.25, 0.3) is 0 Å². The summed E-state index contributed by atoms with van der Waals surface area (Å²) in [7, 11) is 0. The number of morpholine rings is 1. The summed E-state index contributed by atoms with van der Waals surface area (Å²) in [4.78, 5) is 14.5. The van der Waals surface area contributed by atoms with Gasteiger partial charge in [-0.3, -0.25) is 0 Å². The first kappa shape index (κ1) is 26.1. The fourth-order valence-electron chi connectivity index (χ4n) is 3.34. The maximum atomic E-state index is 13.2.